The van der Waals surface area contributed by atoms with E-state index in [1.165, 1.54) is 0 Å². The quantitative estimate of drug-likeness (QED) is 0.523. The van der Waals surface area contributed by atoms with Crippen LogP contribution in [0.25, 0.3) is 0 Å². The molecule has 0 aromatic heterocycles. The molecule has 1 saturated carbocycles. The number of nitrogens with two attached hydrogens (primary N) is 1. The highest BCUT2D eigenvalue weighted by Gasteiger charge is 2.37. The van der Waals surface area contributed by atoms with Gasteiger partial charge in [-0.3, -0.25) is 0 Å². The Kier molecular flexibility index (Phi) is 3.66. The van der Waals surface area contributed by atoms with Crippen molar-refractivity contribution in [2.24, 2.45) is 11.1 Å². The Morgan fingerprint density at radius 3 is 1.74 bits per heavy atom. The van der Waals surface area contributed by atoms with Crippen molar-refractivity contribution in [2.75, 3.05) is 13.2 Å². The number of ether oxygens (including phenoxy) is 1. The van der Waals surface area contributed by atoms with E-state index in [0.29, 0.717) is 12.8 Å². The summed E-state index contributed by atoms with van der Waals surface area (Å²) in [7, 11) is 0. The fourth-order valence-corrected chi connectivity index (χ4v) is 2.02. The molecule has 1 aromatic rings. The standard InChI is InChI=1S/C12H12F5NO/c13-6-7(14)9(16)11(10(17)8(6)15)19-5-12(4-18)2-1-3-12/h1-5,18H2. The summed E-state index contributed by atoms with van der Waals surface area (Å²) in [6, 6.07) is 0. The lowest BCUT2D eigenvalue weighted by Gasteiger charge is -2.40. The van der Waals surface area contributed by atoms with Gasteiger partial charge in [0.2, 0.25) is 29.1 Å². The molecule has 0 bridgehead atoms. The largest absolute Gasteiger partial charge is 0.487 e. The van der Waals surface area contributed by atoms with Crippen LogP contribution in [0.1, 0.15) is 19.3 Å². The second-order valence-electron chi connectivity index (χ2n) is 4.75. The lowest BCUT2D eigenvalue weighted by molar-refractivity contribution is 0.0610. The van der Waals surface area contributed by atoms with Crippen LogP contribution in [0, 0.1) is 34.5 Å². The van der Waals surface area contributed by atoms with Crippen LogP contribution < -0.4 is 10.5 Å². The molecule has 0 spiro atoms. The normalized spacial score (nSPS) is 17.2. The maximum Gasteiger partial charge on any atom is 0.206 e. The van der Waals surface area contributed by atoms with E-state index in [0.717, 1.165) is 6.42 Å². The molecule has 2 nitrogen and oxygen atoms in total. The molecule has 0 unspecified atom stereocenters. The van der Waals surface area contributed by atoms with Gasteiger partial charge in [-0.1, -0.05) is 6.42 Å². The Hall–Kier alpha value is -1.37. The molecule has 0 amide bonds. The monoisotopic (exact) mass is 281 g/mol. The molecule has 1 aliphatic rings. The second kappa shape index (κ2) is 4.96. The van der Waals surface area contributed by atoms with Crippen LogP contribution in [0.2, 0.25) is 0 Å². The zero-order chi connectivity index (χ0) is 14.2. The fraction of sp³-hybridized carbons (Fsp3) is 0.500. The van der Waals surface area contributed by atoms with Crippen molar-refractivity contribution in [1.29, 1.82) is 0 Å². The smallest absolute Gasteiger partial charge is 0.206 e. The topological polar surface area (TPSA) is 35.2 Å². The van der Waals surface area contributed by atoms with Crippen molar-refractivity contribution in [3.8, 4) is 5.75 Å². The number of halogens is 5. The SMILES string of the molecule is NCC1(COc2c(F)c(F)c(F)c(F)c2F)CCC1. The molecular weight excluding hydrogens is 269 g/mol. The lowest BCUT2D eigenvalue weighted by atomic mass is 9.69. The van der Waals surface area contributed by atoms with E-state index >= 15 is 0 Å². The summed E-state index contributed by atoms with van der Waals surface area (Å²) in [5.41, 5.74) is 5.09. The van der Waals surface area contributed by atoms with Crippen LogP contribution in [0.5, 0.6) is 5.75 Å². The molecule has 2 N–H and O–H groups in total. The average Bonchev–Trinajstić information content (AvgIpc) is 2.36. The first-order chi connectivity index (χ1) is 8.92. The van der Waals surface area contributed by atoms with Gasteiger partial charge in [-0.2, -0.15) is 8.78 Å². The molecule has 1 fully saturated rings. The zero-order valence-corrected chi connectivity index (χ0v) is 9.91. The summed E-state index contributed by atoms with van der Waals surface area (Å²) in [4.78, 5) is 0. The molecule has 0 heterocycles. The van der Waals surface area contributed by atoms with Crippen molar-refractivity contribution >= 4 is 0 Å². The summed E-state index contributed by atoms with van der Waals surface area (Å²) in [6.07, 6.45) is 2.31. The Morgan fingerprint density at radius 2 is 1.37 bits per heavy atom. The van der Waals surface area contributed by atoms with Gasteiger partial charge < -0.3 is 10.5 Å². The Morgan fingerprint density at radius 1 is 0.895 bits per heavy atom. The third-order valence-corrected chi connectivity index (χ3v) is 3.54. The first kappa shape index (κ1) is 14.0. The van der Waals surface area contributed by atoms with Gasteiger partial charge in [0, 0.05) is 12.0 Å². The Balaban J connectivity index is 2.25. The molecule has 2 rings (SSSR count). The summed E-state index contributed by atoms with van der Waals surface area (Å²) in [5, 5.41) is 0. The van der Waals surface area contributed by atoms with Gasteiger partial charge in [0.15, 0.2) is 5.75 Å². The van der Waals surface area contributed by atoms with E-state index < -0.39 is 40.3 Å². The summed E-state index contributed by atoms with van der Waals surface area (Å²) in [6.45, 7) is 0.0737. The van der Waals surface area contributed by atoms with Crippen LogP contribution in [-0.2, 0) is 0 Å². The number of rotatable bonds is 4. The van der Waals surface area contributed by atoms with Crippen LogP contribution >= 0.6 is 0 Å². The van der Waals surface area contributed by atoms with Gasteiger partial charge in [0.05, 0.1) is 6.61 Å². The molecule has 1 aromatic carbocycles. The highest BCUT2D eigenvalue weighted by molar-refractivity contribution is 5.29. The Bertz CT molecular complexity index is 467. The van der Waals surface area contributed by atoms with Crippen molar-refractivity contribution in [1.82, 2.24) is 0 Å². The van der Waals surface area contributed by atoms with Gasteiger partial charge in [-0.15, -0.1) is 0 Å². The zero-order valence-electron chi connectivity index (χ0n) is 9.91. The predicted octanol–water partition coefficient (Wildman–Crippen LogP) is 2.89. The minimum absolute atomic E-state index is 0.165. The fourth-order valence-electron chi connectivity index (χ4n) is 2.02. The van der Waals surface area contributed by atoms with E-state index in [2.05, 4.69) is 0 Å². The second-order valence-corrected chi connectivity index (χ2v) is 4.75. The summed E-state index contributed by atoms with van der Waals surface area (Å²) in [5.74, 6) is -11.4. The number of benzene rings is 1. The molecule has 0 radical (unpaired) electrons. The minimum Gasteiger partial charge on any atom is -0.487 e. The van der Waals surface area contributed by atoms with Crippen LogP contribution in [0.15, 0.2) is 0 Å². The van der Waals surface area contributed by atoms with E-state index in [1.54, 1.807) is 0 Å². The molecule has 7 heteroatoms. The molecule has 0 aliphatic heterocycles. The van der Waals surface area contributed by atoms with Gasteiger partial charge in [0.25, 0.3) is 0 Å². The van der Waals surface area contributed by atoms with E-state index in [4.69, 9.17) is 10.5 Å². The van der Waals surface area contributed by atoms with Crippen LogP contribution in [0.4, 0.5) is 22.0 Å². The molecule has 19 heavy (non-hydrogen) atoms. The van der Waals surface area contributed by atoms with E-state index in [1.807, 2.05) is 0 Å². The highest BCUT2D eigenvalue weighted by atomic mass is 19.2. The molecule has 0 saturated heterocycles. The molecule has 1 aliphatic carbocycles. The van der Waals surface area contributed by atoms with E-state index in [-0.39, 0.29) is 13.2 Å². The maximum absolute atomic E-state index is 13.3. The van der Waals surface area contributed by atoms with Crippen molar-refractivity contribution in [3.05, 3.63) is 29.1 Å². The van der Waals surface area contributed by atoms with E-state index in [9.17, 15) is 22.0 Å². The first-order valence-corrected chi connectivity index (χ1v) is 5.76. The van der Waals surface area contributed by atoms with Gasteiger partial charge in [0.1, 0.15) is 0 Å². The number of hydrogen-bond acceptors (Lipinski definition) is 2. The first-order valence-electron chi connectivity index (χ1n) is 5.76. The van der Waals surface area contributed by atoms with Gasteiger partial charge >= 0.3 is 0 Å². The summed E-state index contributed by atoms with van der Waals surface area (Å²) >= 11 is 0. The predicted molar refractivity (Wildman–Crippen MR) is 57.1 cm³/mol. The minimum atomic E-state index is -2.19. The molecular formula is C12H12F5NO. The highest BCUT2D eigenvalue weighted by Crippen LogP contribution is 2.41. The molecule has 0 atom stereocenters. The Labute approximate surface area is 106 Å². The summed E-state index contributed by atoms with van der Waals surface area (Å²) < 4.78 is 70.1. The average molecular weight is 281 g/mol. The molecule has 106 valence electrons. The van der Waals surface area contributed by atoms with Crippen molar-refractivity contribution in [2.45, 2.75) is 19.3 Å². The van der Waals surface area contributed by atoms with Crippen LogP contribution in [-0.4, -0.2) is 13.2 Å². The number of hydrogen-bond donors (Lipinski definition) is 1. The third kappa shape index (κ3) is 2.27. The van der Waals surface area contributed by atoms with Crippen molar-refractivity contribution < 1.29 is 26.7 Å². The third-order valence-electron chi connectivity index (χ3n) is 3.54. The van der Waals surface area contributed by atoms with Gasteiger partial charge in [-0.25, -0.2) is 13.2 Å². The van der Waals surface area contributed by atoms with Crippen molar-refractivity contribution in [3.63, 3.8) is 0 Å². The van der Waals surface area contributed by atoms with Crippen LogP contribution in [0.3, 0.4) is 0 Å². The van der Waals surface area contributed by atoms with Gasteiger partial charge in [-0.05, 0) is 12.8 Å². The maximum atomic E-state index is 13.3. The lowest BCUT2D eigenvalue weighted by Crippen LogP contribution is -2.42.